The van der Waals surface area contributed by atoms with Crippen molar-refractivity contribution in [1.29, 1.82) is 0 Å². The number of benzene rings is 1. The summed E-state index contributed by atoms with van der Waals surface area (Å²) in [6.45, 7) is 10.6. The Bertz CT molecular complexity index is 1410. The number of anilines is 3. The van der Waals surface area contributed by atoms with Crippen LogP contribution in [0.4, 0.5) is 17.3 Å². The highest BCUT2D eigenvalue weighted by Gasteiger charge is 2.33. The van der Waals surface area contributed by atoms with Crippen molar-refractivity contribution in [1.82, 2.24) is 30.0 Å². The normalized spacial score (nSPS) is 14.3. The van der Waals surface area contributed by atoms with Gasteiger partial charge in [0.05, 0.1) is 5.69 Å². The van der Waals surface area contributed by atoms with Crippen molar-refractivity contribution in [3.8, 4) is 22.5 Å². The molecule has 1 fully saturated rings. The van der Waals surface area contributed by atoms with Gasteiger partial charge in [0, 0.05) is 79.4 Å². The monoisotopic (exact) mass is 524 g/mol. The Morgan fingerprint density at radius 3 is 2.51 bits per heavy atom. The minimum Gasteiger partial charge on any atom is -0.372 e. The zero-order chi connectivity index (χ0) is 27.4. The van der Waals surface area contributed by atoms with E-state index < -0.39 is 0 Å². The number of hydrogen-bond donors (Lipinski definition) is 2. The summed E-state index contributed by atoms with van der Waals surface area (Å²) >= 11 is 0. The molecule has 39 heavy (non-hydrogen) atoms. The van der Waals surface area contributed by atoms with E-state index in [2.05, 4.69) is 70.5 Å². The Morgan fingerprint density at radius 1 is 1.08 bits per heavy atom. The summed E-state index contributed by atoms with van der Waals surface area (Å²) in [6.07, 6.45) is 9.45. The fourth-order valence-electron chi connectivity index (χ4n) is 5.36. The predicted octanol–water partition coefficient (Wildman–Crippen LogP) is 5.30. The smallest absolute Gasteiger partial charge is 0.227 e. The number of carbonyl (C=O) groups is 1. The quantitative estimate of drug-likeness (QED) is 0.323. The number of carbonyl (C=O) groups excluding carboxylic acids is 1. The average molecular weight is 525 g/mol. The Kier molecular flexibility index (Phi) is 7.58. The van der Waals surface area contributed by atoms with Crippen LogP contribution in [0.25, 0.3) is 22.5 Å². The number of hydrogen-bond acceptors (Lipinski definition) is 7. The summed E-state index contributed by atoms with van der Waals surface area (Å²) in [4.78, 5) is 27.5. The van der Waals surface area contributed by atoms with E-state index in [1.54, 1.807) is 19.3 Å². The summed E-state index contributed by atoms with van der Waals surface area (Å²) in [5.74, 6) is 1.03. The number of pyridine rings is 1. The molecule has 1 aliphatic rings. The lowest BCUT2D eigenvalue weighted by molar-refractivity contribution is -0.121. The first kappa shape index (κ1) is 26.3. The molecule has 0 atom stereocenters. The van der Waals surface area contributed by atoms with Gasteiger partial charge in [0.15, 0.2) is 0 Å². The number of nitrogens with one attached hydrogen (secondary N) is 2. The van der Waals surface area contributed by atoms with Gasteiger partial charge in [-0.05, 0) is 82.0 Å². The molecule has 0 radical (unpaired) electrons. The molecule has 0 bridgehead atoms. The molecule has 4 heterocycles. The maximum Gasteiger partial charge on any atom is 0.227 e. The lowest BCUT2D eigenvalue weighted by Crippen LogP contribution is -2.51. The highest BCUT2D eigenvalue weighted by Crippen LogP contribution is 2.32. The van der Waals surface area contributed by atoms with E-state index >= 15 is 0 Å². The minimum atomic E-state index is -0.186. The largest absolute Gasteiger partial charge is 0.372 e. The van der Waals surface area contributed by atoms with Crippen molar-refractivity contribution >= 4 is 23.2 Å². The SMILES string of the molecule is CCn1cc(-c2ccnc(Nc3ccc(N4CCC(C(C)(C)NC(C)=O)CC4)cc3)n2)c(-c2cccnc2)n1. The third kappa shape index (κ3) is 6.08. The highest BCUT2D eigenvalue weighted by atomic mass is 16.1. The van der Waals surface area contributed by atoms with Crippen LogP contribution in [0.2, 0.25) is 0 Å². The Balaban J connectivity index is 1.27. The van der Waals surface area contributed by atoms with Crippen molar-refractivity contribution in [2.45, 2.75) is 52.6 Å². The molecule has 5 rings (SSSR count). The summed E-state index contributed by atoms with van der Waals surface area (Å²) in [7, 11) is 0. The van der Waals surface area contributed by atoms with E-state index in [9.17, 15) is 4.79 Å². The molecule has 0 saturated carbocycles. The van der Waals surface area contributed by atoms with Crippen molar-refractivity contribution < 1.29 is 4.79 Å². The standard InChI is InChI=1S/C30H36N8O/c1-5-38-20-26(28(36-38)22-7-6-15-31-19-22)27-12-16-32-29(34-27)33-24-8-10-25(11-9-24)37-17-13-23(14-18-37)30(3,4)35-21(2)39/h6-12,15-16,19-20,23H,5,13-14,17-18H2,1-4H3,(H,35,39)(H,32,33,34). The van der Waals surface area contributed by atoms with Crippen LogP contribution in [0.3, 0.4) is 0 Å². The maximum absolute atomic E-state index is 11.6. The molecule has 0 unspecified atom stereocenters. The lowest BCUT2D eigenvalue weighted by Gasteiger charge is -2.41. The Hall–Kier alpha value is -4.27. The average Bonchev–Trinajstić information content (AvgIpc) is 3.38. The molecule has 1 aliphatic heterocycles. The van der Waals surface area contributed by atoms with Gasteiger partial charge in [0.1, 0.15) is 5.69 Å². The zero-order valence-electron chi connectivity index (χ0n) is 23.1. The molecule has 4 aromatic rings. The molecule has 9 heteroatoms. The Morgan fingerprint density at radius 2 is 1.85 bits per heavy atom. The number of aromatic nitrogens is 5. The highest BCUT2D eigenvalue weighted by molar-refractivity contribution is 5.78. The second-order valence-corrected chi connectivity index (χ2v) is 10.6. The van der Waals surface area contributed by atoms with Gasteiger partial charge in [-0.1, -0.05) is 0 Å². The molecule has 3 aromatic heterocycles. The number of aryl methyl sites for hydroxylation is 1. The van der Waals surface area contributed by atoms with Crippen molar-refractivity contribution in [3.05, 3.63) is 67.3 Å². The van der Waals surface area contributed by atoms with Crippen LogP contribution in [-0.4, -0.2) is 49.3 Å². The van der Waals surface area contributed by atoms with Crippen molar-refractivity contribution in [3.63, 3.8) is 0 Å². The minimum absolute atomic E-state index is 0.0324. The molecule has 0 aliphatic carbocycles. The predicted molar refractivity (Wildman–Crippen MR) is 155 cm³/mol. The molecular weight excluding hydrogens is 488 g/mol. The molecular formula is C30H36N8O. The van der Waals surface area contributed by atoms with E-state index in [1.807, 2.05) is 35.3 Å². The van der Waals surface area contributed by atoms with E-state index in [0.29, 0.717) is 11.9 Å². The van der Waals surface area contributed by atoms with Gasteiger partial charge in [0.25, 0.3) is 0 Å². The lowest BCUT2D eigenvalue weighted by atomic mass is 9.80. The molecule has 1 amide bonds. The number of nitrogens with zero attached hydrogens (tertiary/aromatic N) is 6. The second kappa shape index (κ2) is 11.2. The van der Waals surface area contributed by atoms with Gasteiger partial charge in [0.2, 0.25) is 11.9 Å². The molecule has 1 aromatic carbocycles. The third-order valence-electron chi connectivity index (χ3n) is 7.45. The summed E-state index contributed by atoms with van der Waals surface area (Å²) in [6, 6.07) is 14.2. The number of rotatable bonds is 8. The molecule has 1 saturated heterocycles. The van der Waals surface area contributed by atoms with Gasteiger partial charge in [-0.15, -0.1) is 0 Å². The van der Waals surface area contributed by atoms with Crippen LogP contribution in [0, 0.1) is 5.92 Å². The summed E-state index contributed by atoms with van der Waals surface area (Å²) in [5.41, 5.74) is 5.47. The van der Waals surface area contributed by atoms with Crippen LogP contribution < -0.4 is 15.5 Å². The third-order valence-corrected chi connectivity index (χ3v) is 7.45. The van der Waals surface area contributed by atoms with Crippen LogP contribution >= 0.6 is 0 Å². The van der Waals surface area contributed by atoms with Crippen molar-refractivity contribution in [2.24, 2.45) is 5.92 Å². The van der Waals surface area contributed by atoms with Gasteiger partial charge >= 0.3 is 0 Å². The summed E-state index contributed by atoms with van der Waals surface area (Å²) in [5, 5.41) is 11.2. The van der Waals surface area contributed by atoms with Crippen molar-refractivity contribution in [2.75, 3.05) is 23.3 Å². The number of piperidine rings is 1. The van der Waals surface area contributed by atoms with E-state index in [0.717, 1.165) is 60.7 Å². The van der Waals surface area contributed by atoms with Crippen LogP contribution in [0.1, 0.15) is 40.5 Å². The van der Waals surface area contributed by atoms with Gasteiger partial charge in [-0.25, -0.2) is 9.97 Å². The van der Waals surface area contributed by atoms with Gasteiger partial charge in [-0.3, -0.25) is 14.5 Å². The fourth-order valence-corrected chi connectivity index (χ4v) is 5.36. The summed E-state index contributed by atoms with van der Waals surface area (Å²) < 4.78 is 1.91. The zero-order valence-corrected chi connectivity index (χ0v) is 23.1. The van der Waals surface area contributed by atoms with Gasteiger partial charge < -0.3 is 15.5 Å². The fraction of sp³-hybridized carbons (Fsp3) is 0.367. The first-order valence-corrected chi connectivity index (χ1v) is 13.5. The molecule has 202 valence electrons. The first-order chi connectivity index (χ1) is 18.8. The van der Waals surface area contributed by atoms with Crippen LogP contribution in [0.5, 0.6) is 0 Å². The van der Waals surface area contributed by atoms with Gasteiger partial charge in [-0.2, -0.15) is 5.10 Å². The topological polar surface area (TPSA) is 101 Å². The van der Waals surface area contributed by atoms with E-state index in [1.165, 1.54) is 5.69 Å². The second-order valence-electron chi connectivity index (χ2n) is 10.6. The molecule has 9 nitrogen and oxygen atoms in total. The molecule has 2 N–H and O–H groups in total. The van der Waals surface area contributed by atoms with Crippen LogP contribution in [-0.2, 0) is 11.3 Å². The maximum atomic E-state index is 11.6. The van der Waals surface area contributed by atoms with E-state index in [4.69, 9.17) is 10.1 Å². The molecule has 0 spiro atoms. The number of amides is 1. The van der Waals surface area contributed by atoms with E-state index in [-0.39, 0.29) is 11.4 Å². The van der Waals surface area contributed by atoms with Crippen LogP contribution in [0.15, 0.2) is 67.3 Å². The Labute approximate surface area is 229 Å². The first-order valence-electron chi connectivity index (χ1n) is 13.5.